The van der Waals surface area contributed by atoms with Crippen molar-refractivity contribution in [3.63, 3.8) is 0 Å². The van der Waals surface area contributed by atoms with Gasteiger partial charge in [0.25, 0.3) is 0 Å². The van der Waals surface area contributed by atoms with E-state index >= 15 is 0 Å². The second kappa shape index (κ2) is 6.16. The van der Waals surface area contributed by atoms with Gasteiger partial charge in [-0.1, -0.05) is 30.3 Å². The summed E-state index contributed by atoms with van der Waals surface area (Å²) in [4.78, 5) is 16.1. The first-order valence-corrected chi connectivity index (χ1v) is 4.68. The monoisotopic (exact) mass is 209 g/mol. The predicted octanol–water partition coefficient (Wildman–Crippen LogP) is 0.922. The first kappa shape index (κ1) is 11.7. The molecule has 0 aliphatic heterocycles. The number of rotatable bonds is 5. The minimum absolute atomic E-state index is 0.333. The zero-order valence-electron chi connectivity index (χ0n) is 8.90. The molecule has 0 aliphatic rings. The molecule has 0 saturated heterocycles. The standard InChI is InChI=1S/C11H15NO3/c1-14-11(13)10(12-15-2)8-9-6-4-3-5-7-9/h3-7,10,12H,8H2,1-2H3/t10-/m0/s1. The Hall–Kier alpha value is -1.39. The molecule has 0 aliphatic carbocycles. The summed E-state index contributed by atoms with van der Waals surface area (Å²) in [5.41, 5.74) is 3.66. The van der Waals surface area contributed by atoms with Crippen LogP contribution in [0, 0.1) is 0 Å². The average Bonchev–Trinajstić information content (AvgIpc) is 2.29. The van der Waals surface area contributed by atoms with Gasteiger partial charge >= 0.3 is 5.97 Å². The number of methoxy groups -OCH3 is 1. The molecule has 0 fully saturated rings. The van der Waals surface area contributed by atoms with Gasteiger partial charge in [0.05, 0.1) is 14.2 Å². The molecular weight excluding hydrogens is 194 g/mol. The number of carbonyl (C=O) groups is 1. The molecule has 4 nitrogen and oxygen atoms in total. The number of nitrogens with one attached hydrogen (secondary N) is 1. The fourth-order valence-electron chi connectivity index (χ4n) is 1.31. The van der Waals surface area contributed by atoms with Gasteiger partial charge in [-0.25, -0.2) is 0 Å². The van der Waals surface area contributed by atoms with Crippen LogP contribution in [0.2, 0.25) is 0 Å². The third-order valence-electron chi connectivity index (χ3n) is 2.03. The van der Waals surface area contributed by atoms with E-state index < -0.39 is 6.04 Å². The SMILES string of the molecule is CON[C@@H](Cc1ccccc1)C(=O)OC. The maximum Gasteiger partial charge on any atom is 0.325 e. The minimum atomic E-state index is -0.470. The van der Waals surface area contributed by atoms with Gasteiger partial charge in [-0.05, 0) is 5.56 Å². The van der Waals surface area contributed by atoms with Gasteiger partial charge in [-0.2, -0.15) is 5.48 Å². The van der Waals surface area contributed by atoms with E-state index in [1.54, 1.807) is 0 Å². The highest BCUT2D eigenvalue weighted by atomic mass is 16.6. The molecule has 82 valence electrons. The van der Waals surface area contributed by atoms with E-state index in [1.165, 1.54) is 14.2 Å². The van der Waals surface area contributed by atoms with Crippen LogP contribution in [0.25, 0.3) is 0 Å². The summed E-state index contributed by atoms with van der Waals surface area (Å²) in [6.07, 6.45) is 0.543. The molecule has 1 N–H and O–H groups in total. The van der Waals surface area contributed by atoms with Gasteiger partial charge in [0.1, 0.15) is 6.04 Å². The Morgan fingerprint density at radius 2 is 2.00 bits per heavy atom. The van der Waals surface area contributed by atoms with Crippen molar-refractivity contribution in [3.05, 3.63) is 35.9 Å². The third kappa shape index (κ3) is 3.69. The predicted molar refractivity (Wildman–Crippen MR) is 56.1 cm³/mol. The molecule has 1 aromatic rings. The fourth-order valence-corrected chi connectivity index (χ4v) is 1.31. The van der Waals surface area contributed by atoms with Crippen molar-refractivity contribution in [2.24, 2.45) is 0 Å². The first-order chi connectivity index (χ1) is 7.27. The van der Waals surface area contributed by atoms with E-state index in [0.29, 0.717) is 6.42 Å². The molecule has 0 spiro atoms. The van der Waals surface area contributed by atoms with Crippen molar-refractivity contribution in [1.82, 2.24) is 5.48 Å². The molecule has 4 heteroatoms. The Bertz CT molecular complexity index is 300. The maximum absolute atomic E-state index is 11.3. The lowest BCUT2D eigenvalue weighted by molar-refractivity contribution is -0.146. The number of hydrogen-bond acceptors (Lipinski definition) is 4. The lowest BCUT2D eigenvalue weighted by Gasteiger charge is -2.14. The number of carbonyl (C=O) groups excluding carboxylic acids is 1. The summed E-state index contributed by atoms with van der Waals surface area (Å²) in [6.45, 7) is 0. The molecule has 0 heterocycles. The number of ether oxygens (including phenoxy) is 1. The van der Waals surface area contributed by atoms with Gasteiger partial charge in [-0.15, -0.1) is 0 Å². The van der Waals surface area contributed by atoms with Gasteiger partial charge in [0.15, 0.2) is 0 Å². The van der Waals surface area contributed by atoms with Gasteiger partial charge < -0.3 is 9.57 Å². The van der Waals surface area contributed by atoms with Crippen molar-refractivity contribution in [1.29, 1.82) is 0 Å². The van der Waals surface area contributed by atoms with Crippen molar-refractivity contribution >= 4 is 5.97 Å². The van der Waals surface area contributed by atoms with Gasteiger partial charge in [0.2, 0.25) is 0 Å². The fraction of sp³-hybridized carbons (Fsp3) is 0.364. The van der Waals surface area contributed by atoms with Crippen LogP contribution >= 0.6 is 0 Å². The smallest absolute Gasteiger partial charge is 0.325 e. The molecule has 1 aromatic carbocycles. The molecule has 1 atom stereocenters. The number of hydroxylamine groups is 1. The second-order valence-corrected chi connectivity index (χ2v) is 3.09. The molecule has 1 rings (SSSR count). The van der Waals surface area contributed by atoms with Crippen LogP contribution < -0.4 is 5.48 Å². The molecule has 0 bridgehead atoms. The maximum atomic E-state index is 11.3. The Balaban J connectivity index is 2.62. The number of esters is 1. The van der Waals surface area contributed by atoms with E-state index in [0.717, 1.165) is 5.56 Å². The van der Waals surface area contributed by atoms with Crippen molar-refractivity contribution in [2.45, 2.75) is 12.5 Å². The third-order valence-corrected chi connectivity index (χ3v) is 2.03. The molecule has 0 radical (unpaired) electrons. The molecule has 0 aromatic heterocycles. The lowest BCUT2D eigenvalue weighted by atomic mass is 10.1. The largest absolute Gasteiger partial charge is 0.468 e. The van der Waals surface area contributed by atoms with Gasteiger partial charge in [-0.3, -0.25) is 4.79 Å². The van der Waals surface area contributed by atoms with Crippen LogP contribution in [0.1, 0.15) is 5.56 Å². The Kier molecular flexibility index (Phi) is 4.80. The van der Waals surface area contributed by atoms with Gasteiger partial charge in [0, 0.05) is 6.42 Å². The lowest BCUT2D eigenvalue weighted by Crippen LogP contribution is -2.38. The van der Waals surface area contributed by atoms with Crippen molar-refractivity contribution < 1.29 is 14.4 Å². The second-order valence-electron chi connectivity index (χ2n) is 3.09. The number of hydrogen-bond donors (Lipinski definition) is 1. The summed E-state index contributed by atoms with van der Waals surface area (Å²) in [5.74, 6) is -0.333. The minimum Gasteiger partial charge on any atom is -0.468 e. The molecular formula is C11H15NO3. The van der Waals surface area contributed by atoms with Crippen LogP contribution in [0.4, 0.5) is 0 Å². The summed E-state index contributed by atoms with van der Waals surface area (Å²) in [6, 6.07) is 9.22. The Morgan fingerprint density at radius 3 is 2.53 bits per heavy atom. The zero-order valence-corrected chi connectivity index (χ0v) is 8.90. The van der Waals surface area contributed by atoms with Crippen LogP contribution in [-0.4, -0.2) is 26.2 Å². The van der Waals surface area contributed by atoms with E-state index in [9.17, 15) is 4.79 Å². The van der Waals surface area contributed by atoms with E-state index in [1.807, 2.05) is 30.3 Å². The van der Waals surface area contributed by atoms with Crippen LogP contribution in [0.5, 0.6) is 0 Å². The molecule has 15 heavy (non-hydrogen) atoms. The Morgan fingerprint density at radius 1 is 1.33 bits per heavy atom. The van der Waals surface area contributed by atoms with Crippen LogP contribution in [0.15, 0.2) is 30.3 Å². The number of benzene rings is 1. The van der Waals surface area contributed by atoms with E-state index in [-0.39, 0.29) is 5.97 Å². The summed E-state index contributed by atoms with van der Waals surface area (Å²) < 4.78 is 4.66. The average molecular weight is 209 g/mol. The summed E-state index contributed by atoms with van der Waals surface area (Å²) in [5, 5.41) is 0. The van der Waals surface area contributed by atoms with Crippen molar-refractivity contribution in [2.75, 3.05) is 14.2 Å². The molecule has 0 unspecified atom stereocenters. The van der Waals surface area contributed by atoms with E-state index in [2.05, 4.69) is 10.2 Å². The highest BCUT2D eigenvalue weighted by molar-refractivity contribution is 5.75. The normalized spacial score (nSPS) is 12.1. The van der Waals surface area contributed by atoms with Crippen molar-refractivity contribution in [3.8, 4) is 0 Å². The zero-order chi connectivity index (χ0) is 11.1. The van der Waals surface area contributed by atoms with Crippen LogP contribution in [-0.2, 0) is 20.8 Å². The molecule has 0 saturated carbocycles. The summed E-state index contributed by atoms with van der Waals surface area (Å²) >= 11 is 0. The summed E-state index contributed by atoms with van der Waals surface area (Å²) in [7, 11) is 2.83. The Labute approximate surface area is 89.1 Å². The highest BCUT2D eigenvalue weighted by Gasteiger charge is 2.18. The first-order valence-electron chi connectivity index (χ1n) is 4.68. The van der Waals surface area contributed by atoms with E-state index in [4.69, 9.17) is 4.84 Å². The topological polar surface area (TPSA) is 47.6 Å². The highest BCUT2D eigenvalue weighted by Crippen LogP contribution is 2.04. The quantitative estimate of drug-likeness (QED) is 0.578. The van der Waals surface area contributed by atoms with Crippen LogP contribution in [0.3, 0.4) is 0 Å². The molecule has 0 amide bonds.